The van der Waals surface area contributed by atoms with E-state index in [2.05, 4.69) is 21.9 Å². The molecule has 2 fully saturated rings. The smallest absolute Gasteiger partial charge is 0.407 e. The topological polar surface area (TPSA) is 61.8 Å². The van der Waals surface area contributed by atoms with E-state index in [1.54, 1.807) is 0 Å². The Kier molecular flexibility index (Phi) is 5.05. The third kappa shape index (κ3) is 4.35. The minimum Gasteiger partial charge on any atom is -0.453 e. The minimum atomic E-state index is -0.357. The molecule has 2 rings (SSSR count). The fourth-order valence-corrected chi connectivity index (χ4v) is 3.08. The molecule has 2 aliphatic rings. The Bertz CT molecular complexity index is 307. The number of nitrogens with zero attached hydrogens (tertiary/aromatic N) is 1. The maximum atomic E-state index is 11.3. The van der Waals surface area contributed by atoms with Crippen LogP contribution in [0, 0.1) is 11.8 Å². The van der Waals surface area contributed by atoms with Crippen LogP contribution < -0.4 is 5.32 Å². The molecule has 0 aromatic rings. The molecular weight excluding hydrogens is 244 g/mol. The first-order chi connectivity index (χ1) is 9.12. The second kappa shape index (κ2) is 6.57. The number of nitrogens with one attached hydrogen (secondary N) is 1. The average Bonchev–Trinajstić information content (AvgIpc) is 3.22. The molecule has 0 aromatic heterocycles. The lowest BCUT2D eigenvalue weighted by molar-refractivity contribution is 0.0754. The lowest BCUT2D eigenvalue weighted by atomic mass is 9.88. The van der Waals surface area contributed by atoms with Crippen molar-refractivity contribution in [3.05, 3.63) is 0 Å². The van der Waals surface area contributed by atoms with Gasteiger partial charge >= 0.3 is 6.09 Å². The van der Waals surface area contributed by atoms with Crippen LogP contribution in [0.5, 0.6) is 0 Å². The molecule has 19 heavy (non-hydrogen) atoms. The standard InChI is InChI=1S/C14H26N2O3/c1-3-16-8-10(7-13(17)11-4-5-11)6-12(9-16)15-14(18)19-2/h10-13,17H,3-9H2,1-2H3,(H,15,18). The van der Waals surface area contributed by atoms with Gasteiger partial charge in [0.15, 0.2) is 0 Å². The number of methoxy groups -OCH3 is 1. The number of carbonyl (C=O) groups excluding carboxylic acids is 1. The summed E-state index contributed by atoms with van der Waals surface area (Å²) in [5, 5.41) is 13.0. The molecule has 1 heterocycles. The number of likely N-dealkylation sites (tertiary alicyclic amines) is 1. The predicted molar refractivity (Wildman–Crippen MR) is 72.9 cm³/mol. The van der Waals surface area contributed by atoms with Crippen LogP contribution in [-0.4, -0.2) is 55.0 Å². The summed E-state index contributed by atoms with van der Waals surface area (Å²) in [5.41, 5.74) is 0. The Morgan fingerprint density at radius 3 is 2.79 bits per heavy atom. The second-order valence-corrected chi connectivity index (χ2v) is 5.93. The normalized spacial score (nSPS) is 29.8. The summed E-state index contributed by atoms with van der Waals surface area (Å²) < 4.78 is 4.67. The molecule has 5 heteroatoms. The number of rotatable bonds is 5. The molecule has 3 atom stereocenters. The van der Waals surface area contributed by atoms with Crippen molar-refractivity contribution in [3.8, 4) is 0 Å². The van der Waals surface area contributed by atoms with Crippen molar-refractivity contribution in [3.63, 3.8) is 0 Å². The van der Waals surface area contributed by atoms with E-state index in [0.717, 1.165) is 32.5 Å². The van der Waals surface area contributed by atoms with Gasteiger partial charge in [-0.2, -0.15) is 0 Å². The van der Waals surface area contributed by atoms with Crippen LogP contribution in [0.2, 0.25) is 0 Å². The van der Waals surface area contributed by atoms with Gasteiger partial charge in [0.2, 0.25) is 0 Å². The van der Waals surface area contributed by atoms with Crippen LogP contribution in [0.25, 0.3) is 0 Å². The molecule has 0 spiro atoms. The highest BCUT2D eigenvalue weighted by Gasteiger charge is 2.34. The minimum absolute atomic E-state index is 0.137. The van der Waals surface area contributed by atoms with Gasteiger partial charge in [0.1, 0.15) is 0 Å². The number of amides is 1. The Morgan fingerprint density at radius 1 is 1.47 bits per heavy atom. The van der Waals surface area contributed by atoms with E-state index in [-0.39, 0.29) is 18.2 Å². The highest BCUT2D eigenvalue weighted by atomic mass is 16.5. The number of hydrogen-bond donors (Lipinski definition) is 2. The fraction of sp³-hybridized carbons (Fsp3) is 0.929. The van der Waals surface area contributed by atoms with Crippen molar-refractivity contribution in [1.29, 1.82) is 0 Å². The van der Waals surface area contributed by atoms with Gasteiger partial charge in [-0.25, -0.2) is 4.79 Å². The monoisotopic (exact) mass is 270 g/mol. The molecule has 1 saturated carbocycles. The van der Waals surface area contributed by atoms with Gasteiger partial charge in [-0.1, -0.05) is 6.92 Å². The van der Waals surface area contributed by atoms with Crippen LogP contribution in [0.3, 0.4) is 0 Å². The molecule has 1 aliphatic carbocycles. The van der Waals surface area contributed by atoms with Gasteiger partial charge in [-0.05, 0) is 44.1 Å². The largest absolute Gasteiger partial charge is 0.453 e. The lowest BCUT2D eigenvalue weighted by Gasteiger charge is -2.38. The molecule has 110 valence electrons. The summed E-state index contributed by atoms with van der Waals surface area (Å²) >= 11 is 0. The van der Waals surface area contributed by atoms with E-state index < -0.39 is 0 Å². The number of ether oxygens (including phenoxy) is 1. The van der Waals surface area contributed by atoms with E-state index in [9.17, 15) is 9.90 Å². The maximum Gasteiger partial charge on any atom is 0.407 e. The van der Waals surface area contributed by atoms with E-state index in [4.69, 9.17) is 0 Å². The third-order valence-corrected chi connectivity index (χ3v) is 4.31. The summed E-state index contributed by atoms with van der Waals surface area (Å²) in [6.45, 7) is 5.02. The Labute approximate surface area is 115 Å². The van der Waals surface area contributed by atoms with E-state index in [1.807, 2.05) is 0 Å². The first-order valence-electron chi connectivity index (χ1n) is 7.37. The number of aliphatic hydroxyl groups excluding tert-OH is 1. The van der Waals surface area contributed by atoms with E-state index in [1.165, 1.54) is 20.0 Å². The SMILES string of the molecule is CCN1CC(CC(O)C2CC2)CC(NC(=O)OC)C1. The molecular formula is C14H26N2O3. The van der Waals surface area contributed by atoms with Gasteiger partial charge in [0.05, 0.1) is 13.2 Å². The van der Waals surface area contributed by atoms with Crippen molar-refractivity contribution < 1.29 is 14.6 Å². The number of carbonyl (C=O) groups is 1. The molecule has 3 unspecified atom stereocenters. The fourth-order valence-electron chi connectivity index (χ4n) is 3.08. The number of aliphatic hydroxyl groups is 1. The zero-order chi connectivity index (χ0) is 13.8. The number of likely N-dealkylation sites (N-methyl/N-ethyl adjacent to an activating group) is 1. The summed E-state index contributed by atoms with van der Waals surface area (Å²) in [5.74, 6) is 0.996. The molecule has 5 nitrogen and oxygen atoms in total. The van der Waals surface area contributed by atoms with Crippen molar-refractivity contribution >= 4 is 6.09 Å². The first-order valence-corrected chi connectivity index (χ1v) is 7.37. The summed E-state index contributed by atoms with van der Waals surface area (Å²) in [4.78, 5) is 13.7. The maximum absolute atomic E-state index is 11.3. The van der Waals surface area contributed by atoms with Gasteiger partial charge < -0.3 is 20.1 Å². The van der Waals surface area contributed by atoms with E-state index in [0.29, 0.717) is 11.8 Å². The summed E-state index contributed by atoms with van der Waals surface area (Å²) in [7, 11) is 1.39. The van der Waals surface area contributed by atoms with Gasteiger partial charge in [-0.15, -0.1) is 0 Å². The van der Waals surface area contributed by atoms with Gasteiger partial charge in [-0.3, -0.25) is 0 Å². The zero-order valence-corrected chi connectivity index (χ0v) is 12.0. The van der Waals surface area contributed by atoms with Crippen LogP contribution in [0.4, 0.5) is 4.79 Å². The highest BCUT2D eigenvalue weighted by Crippen LogP contribution is 2.36. The number of hydrogen-bond acceptors (Lipinski definition) is 4. The molecule has 0 bridgehead atoms. The van der Waals surface area contributed by atoms with Crippen molar-refractivity contribution in [2.24, 2.45) is 11.8 Å². The summed E-state index contributed by atoms with van der Waals surface area (Å²) in [6.07, 6.45) is 3.64. The average molecular weight is 270 g/mol. The number of piperidine rings is 1. The van der Waals surface area contributed by atoms with Crippen molar-refractivity contribution in [1.82, 2.24) is 10.2 Å². The highest BCUT2D eigenvalue weighted by molar-refractivity contribution is 5.67. The van der Waals surface area contributed by atoms with Gasteiger partial charge in [0.25, 0.3) is 0 Å². The molecule has 1 aliphatic heterocycles. The third-order valence-electron chi connectivity index (χ3n) is 4.31. The Morgan fingerprint density at radius 2 is 2.21 bits per heavy atom. The predicted octanol–water partition coefficient (Wildman–Crippen LogP) is 1.21. The van der Waals surface area contributed by atoms with Crippen molar-refractivity contribution in [2.75, 3.05) is 26.7 Å². The molecule has 2 N–H and O–H groups in total. The van der Waals surface area contributed by atoms with Crippen LogP contribution in [0.1, 0.15) is 32.6 Å². The zero-order valence-electron chi connectivity index (χ0n) is 12.0. The quantitative estimate of drug-likeness (QED) is 0.788. The first kappa shape index (κ1) is 14.6. The van der Waals surface area contributed by atoms with Crippen molar-refractivity contribution in [2.45, 2.75) is 44.8 Å². The molecule has 1 amide bonds. The number of alkyl carbamates (subject to hydrolysis) is 1. The van der Waals surface area contributed by atoms with E-state index >= 15 is 0 Å². The summed E-state index contributed by atoms with van der Waals surface area (Å²) in [6, 6.07) is 0.137. The molecule has 0 aromatic carbocycles. The molecule has 1 saturated heterocycles. The Balaban J connectivity index is 1.85. The van der Waals surface area contributed by atoms with Crippen LogP contribution in [0.15, 0.2) is 0 Å². The Hall–Kier alpha value is -0.810. The van der Waals surface area contributed by atoms with Gasteiger partial charge in [0, 0.05) is 19.1 Å². The lowest BCUT2D eigenvalue weighted by Crippen LogP contribution is -2.51. The van der Waals surface area contributed by atoms with Crippen LogP contribution >= 0.6 is 0 Å². The van der Waals surface area contributed by atoms with Crippen LogP contribution in [-0.2, 0) is 4.74 Å². The second-order valence-electron chi connectivity index (χ2n) is 5.93. The molecule has 0 radical (unpaired) electrons.